The number of hydrogen-bond acceptors (Lipinski definition) is 13. The zero-order valence-corrected chi connectivity index (χ0v) is 46.5. The third-order valence-electron chi connectivity index (χ3n) is 8.57. The van der Waals surface area contributed by atoms with E-state index in [-0.39, 0.29) is 59.8 Å². The molecular formula is C53H77F4N9O7S. The second kappa shape index (κ2) is 26.8. The molecule has 0 unspecified atom stereocenters. The van der Waals surface area contributed by atoms with Gasteiger partial charge in [-0.3, -0.25) is 28.9 Å². The van der Waals surface area contributed by atoms with Gasteiger partial charge in [0.1, 0.15) is 16.7 Å². The van der Waals surface area contributed by atoms with Gasteiger partial charge < -0.3 is 14.1 Å². The van der Waals surface area contributed by atoms with Crippen molar-refractivity contribution in [3.05, 3.63) is 102 Å². The fourth-order valence-corrected chi connectivity index (χ4v) is 6.44. The van der Waals surface area contributed by atoms with Crippen molar-refractivity contribution in [2.75, 3.05) is 0 Å². The molecule has 5 aromatic rings. The Labute approximate surface area is 438 Å². The van der Waals surface area contributed by atoms with Crippen LogP contribution >= 0.6 is 11.8 Å². The Morgan fingerprint density at radius 2 is 1.15 bits per heavy atom. The van der Waals surface area contributed by atoms with E-state index in [1.807, 2.05) is 90.6 Å². The van der Waals surface area contributed by atoms with E-state index in [1.54, 1.807) is 65.7 Å². The summed E-state index contributed by atoms with van der Waals surface area (Å²) in [6.07, 6.45) is 12.3. The summed E-state index contributed by atoms with van der Waals surface area (Å²) < 4.78 is 59.9. The summed E-state index contributed by atoms with van der Waals surface area (Å²) in [7, 11) is 0. The number of amides is 4. The number of imidazole rings is 1. The van der Waals surface area contributed by atoms with Gasteiger partial charge in [-0.15, -0.1) is 16.9 Å². The molecule has 410 valence electrons. The second-order valence-corrected chi connectivity index (χ2v) is 24.1. The number of thioether (sulfide) groups is 1. The first-order valence-electron chi connectivity index (χ1n) is 23.3. The van der Waals surface area contributed by atoms with Crippen LogP contribution in [0.4, 0.5) is 17.6 Å². The molecule has 0 atom stereocenters. The standard InChI is InChI=1S/C11H12F4O.C9H12N4O.C9H13NS.C8H13NO3.C8H11NO2.C7H12N2.CH4/c1-5-6(12)8(14)9(15)10(7(5)13)16-11(2,3)4;1-9(2,3)14-13-8-7(11-12-13)5-4-6-10-8;1-9(2,3)11-8-6-4-5-7-10-8;1-8(2,3)12-9-6(10)4-5-7(9)11;1-8(2,3)9-6(10)4-5-7(9)11;1-7(2,3)9-5-4-8-6-9;/h1-4H3;4-6H,1-3H3;4-7H,1-3H3;4-5H2,1-3H3;4-5H,1-3H3;4-6H,1-3H3;1H4. The molecule has 0 bridgehead atoms. The van der Waals surface area contributed by atoms with Gasteiger partial charge in [-0.05, 0) is 140 Å². The van der Waals surface area contributed by atoms with Gasteiger partial charge in [0.15, 0.2) is 23.2 Å². The number of carbonyl (C=O) groups is 4. The van der Waals surface area contributed by atoms with E-state index in [9.17, 15) is 36.7 Å². The number of ether oxygens (including phenoxy) is 1. The first kappa shape index (κ1) is 65.8. The van der Waals surface area contributed by atoms with Gasteiger partial charge in [0.25, 0.3) is 23.6 Å². The maximum absolute atomic E-state index is 13.5. The lowest BCUT2D eigenvalue weighted by Gasteiger charge is -2.29. The van der Waals surface area contributed by atoms with Crippen LogP contribution in [0, 0.1) is 30.2 Å². The van der Waals surface area contributed by atoms with Crippen molar-refractivity contribution in [1.29, 1.82) is 0 Å². The highest BCUT2D eigenvalue weighted by molar-refractivity contribution is 8.00. The number of halogens is 4. The minimum absolute atomic E-state index is 0. The number of carbonyl (C=O) groups excluding carboxylic acids is 4. The molecule has 1 fully saturated rings. The average molecular weight is 1060 g/mol. The maximum atomic E-state index is 13.5. The molecule has 2 aliphatic rings. The molecule has 0 radical (unpaired) electrons. The van der Waals surface area contributed by atoms with Crippen LogP contribution in [0.5, 0.6) is 5.75 Å². The van der Waals surface area contributed by atoms with Crippen molar-refractivity contribution >= 4 is 46.6 Å². The average Bonchev–Trinajstić information content (AvgIpc) is 4.07. The Morgan fingerprint density at radius 1 is 0.608 bits per heavy atom. The largest absolute Gasteiger partial charge is 0.482 e. The predicted octanol–water partition coefficient (Wildman–Crippen LogP) is 11.6. The highest BCUT2D eigenvalue weighted by atomic mass is 32.2. The zero-order chi connectivity index (χ0) is 56.1. The Kier molecular flexibility index (Phi) is 23.9. The zero-order valence-electron chi connectivity index (χ0n) is 45.6. The summed E-state index contributed by atoms with van der Waals surface area (Å²) in [5.74, 6) is -7.92. The van der Waals surface area contributed by atoms with Gasteiger partial charge in [0, 0.05) is 71.2 Å². The molecule has 2 aliphatic heterocycles. The summed E-state index contributed by atoms with van der Waals surface area (Å²) in [6.45, 7) is 35.4. The van der Waals surface area contributed by atoms with E-state index in [1.165, 1.54) is 21.9 Å². The van der Waals surface area contributed by atoms with Crippen molar-refractivity contribution in [3.63, 3.8) is 0 Å². The fraction of sp³-hybridized carbons (Fsp3) is 0.528. The number of benzene rings is 1. The first-order valence-corrected chi connectivity index (χ1v) is 24.1. The molecule has 0 saturated carbocycles. The van der Waals surface area contributed by atoms with Crippen LogP contribution in [0.3, 0.4) is 0 Å². The minimum atomic E-state index is -1.72. The van der Waals surface area contributed by atoms with E-state index < -0.39 is 51.3 Å². The number of nitrogens with zero attached hydrogens (tertiary/aromatic N) is 9. The number of fused-ring (bicyclic) bond motifs is 1. The quantitative estimate of drug-likeness (QED) is 0.0547. The maximum Gasteiger partial charge on any atom is 0.254 e. The summed E-state index contributed by atoms with van der Waals surface area (Å²) in [5, 5.41) is 9.76. The molecular weight excluding hydrogens is 983 g/mol. The third kappa shape index (κ3) is 22.5. The minimum Gasteiger partial charge on any atom is -0.482 e. The van der Waals surface area contributed by atoms with Gasteiger partial charge in [0.2, 0.25) is 11.5 Å². The predicted molar refractivity (Wildman–Crippen MR) is 280 cm³/mol. The molecule has 0 aliphatic carbocycles. The number of pyridine rings is 2. The van der Waals surface area contributed by atoms with Gasteiger partial charge in [-0.2, -0.15) is 9.45 Å². The van der Waals surface area contributed by atoms with Crippen molar-refractivity contribution in [3.8, 4) is 5.75 Å². The van der Waals surface area contributed by atoms with Crippen LogP contribution in [0.1, 0.15) is 150 Å². The Hall–Kier alpha value is -6.22. The van der Waals surface area contributed by atoms with Crippen LogP contribution in [-0.2, 0) is 29.6 Å². The normalized spacial score (nSPS) is 13.8. The van der Waals surface area contributed by atoms with E-state index >= 15 is 0 Å². The topological polar surface area (TPSA) is 177 Å². The molecule has 74 heavy (non-hydrogen) atoms. The molecule has 1 saturated heterocycles. The van der Waals surface area contributed by atoms with Gasteiger partial charge >= 0.3 is 0 Å². The summed E-state index contributed by atoms with van der Waals surface area (Å²) in [6, 6.07) is 9.65. The molecule has 0 spiro atoms. The van der Waals surface area contributed by atoms with Crippen LogP contribution in [0.2, 0.25) is 0 Å². The number of hydroxylamine groups is 2. The van der Waals surface area contributed by atoms with Crippen molar-refractivity contribution in [1.82, 2.24) is 44.6 Å². The van der Waals surface area contributed by atoms with E-state index in [4.69, 9.17) is 14.4 Å². The smallest absolute Gasteiger partial charge is 0.254 e. The highest BCUT2D eigenvalue weighted by Gasteiger charge is 2.34. The number of hydrogen-bond donors (Lipinski definition) is 0. The fourth-order valence-electron chi connectivity index (χ4n) is 5.56. The highest BCUT2D eigenvalue weighted by Crippen LogP contribution is 2.32. The van der Waals surface area contributed by atoms with Gasteiger partial charge in [0.05, 0.1) is 17.0 Å². The van der Waals surface area contributed by atoms with E-state index in [2.05, 4.69) is 71.4 Å². The lowest BCUT2D eigenvalue weighted by Crippen LogP contribution is -2.45. The second-order valence-electron chi connectivity index (χ2n) is 22.3. The lowest BCUT2D eigenvalue weighted by atomic mass is 10.1. The molecule has 1 aromatic carbocycles. The summed E-state index contributed by atoms with van der Waals surface area (Å²) >= 11 is 1.79. The number of rotatable bonds is 4. The van der Waals surface area contributed by atoms with E-state index in [0.717, 1.165) is 22.5 Å². The van der Waals surface area contributed by atoms with Crippen LogP contribution in [0.25, 0.3) is 11.2 Å². The van der Waals surface area contributed by atoms with Crippen LogP contribution < -0.4 is 9.57 Å². The van der Waals surface area contributed by atoms with Gasteiger partial charge in [-0.1, -0.05) is 39.1 Å². The summed E-state index contributed by atoms with van der Waals surface area (Å²) in [4.78, 5) is 69.8. The molecule has 21 heteroatoms. The van der Waals surface area contributed by atoms with Crippen LogP contribution in [0.15, 0.2) is 78.6 Å². The Balaban J connectivity index is 0.000000447. The van der Waals surface area contributed by atoms with Crippen molar-refractivity contribution < 1.29 is 51.2 Å². The Morgan fingerprint density at radius 3 is 1.55 bits per heavy atom. The monoisotopic (exact) mass is 1060 g/mol. The number of aromatic nitrogens is 7. The van der Waals surface area contributed by atoms with E-state index in [0.29, 0.717) is 5.65 Å². The SMILES string of the molecule is C.CC(C)(C)N1C(=O)C=CC1=O.CC(C)(C)ON1C(=O)CCC1=O.CC(C)(C)On1nnc2cccnc21.CC(C)(C)Sc1ccccn1.CC(C)(C)n1ccnc1.Cc1c(F)c(F)c(F)c(OC(C)(C)C)c1F. The molecule has 4 aromatic heterocycles. The van der Waals surface area contributed by atoms with Crippen LogP contribution in [-0.4, -0.2) is 95.4 Å². The molecule has 7 rings (SSSR count). The van der Waals surface area contributed by atoms with Crippen molar-refractivity contribution in [2.24, 2.45) is 0 Å². The Bertz CT molecular complexity index is 2580. The molecule has 0 N–H and O–H groups in total. The summed E-state index contributed by atoms with van der Waals surface area (Å²) in [5.41, 5.74) is -1.15. The molecule has 6 heterocycles. The first-order chi connectivity index (χ1) is 33.2. The number of imide groups is 2. The third-order valence-corrected chi connectivity index (χ3v) is 9.63. The molecule has 16 nitrogen and oxygen atoms in total. The van der Waals surface area contributed by atoms with Gasteiger partial charge in [-0.25, -0.2) is 28.1 Å². The van der Waals surface area contributed by atoms with Crippen molar-refractivity contribution in [2.45, 2.75) is 189 Å². The lowest BCUT2D eigenvalue weighted by molar-refractivity contribution is -0.218. The molecule has 4 amide bonds.